The van der Waals surface area contributed by atoms with Gasteiger partial charge in [0, 0.05) is 25.3 Å². The van der Waals surface area contributed by atoms with Gasteiger partial charge in [0.2, 0.25) is 5.78 Å². The van der Waals surface area contributed by atoms with Gasteiger partial charge >= 0.3 is 18.2 Å². The van der Waals surface area contributed by atoms with Gasteiger partial charge in [-0.25, -0.2) is 9.59 Å². The Morgan fingerprint density at radius 3 is 2.18 bits per heavy atom. The summed E-state index contributed by atoms with van der Waals surface area (Å²) in [5.74, 6) is -6.46. The van der Waals surface area contributed by atoms with E-state index in [4.69, 9.17) is 4.74 Å². The fourth-order valence-electron chi connectivity index (χ4n) is 2.98. The Morgan fingerprint density at radius 1 is 0.912 bits per heavy atom. The number of alkyl carbamates (subject to hydrolysis) is 1. The monoisotopic (exact) mass is 493 g/mol. The Bertz CT molecular complexity index is 693. The summed E-state index contributed by atoms with van der Waals surface area (Å²) in [5, 5.41) is 2.29. The number of carbonyl (C=O) groups excluding carboxylic acids is 5. The van der Waals surface area contributed by atoms with Crippen LogP contribution in [0.5, 0.6) is 0 Å². The van der Waals surface area contributed by atoms with E-state index >= 15 is 0 Å². The maximum atomic E-state index is 12.9. The summed E-state index contributed by atoms with van der Waals surface area (Å²) in [6.07, 6.45) is -1.40. The highest BCUT2D eigenvalue weighted by atomic mass is 19.4. The molecule has 0 fully saturated rings. The van der Waals surface area contributed by atoms with E-state index in [1.54, 1.807) is 0 Å². The van der Waals surface area contributed by atoms with Gasteiger partial charge in [0.1, 0.15) is 18.2 Å². The number of ketones is 3. The number of carbonyl (C=O) groups is 5. The molecule has 34 heavy (non-hydrogen) atoms. The van der Waals surface area contributed by atoms with E-state index in [9.17, 15) is 37.1 Å². The number of alkyl halides is 3. The summed E-state index contributed by atoms with van der Waals surface area (Å²) in [7, 11) is 0. The second-order valence-corrected chi connectivity index (χ2v) is 7.68. The fourth-order valence-corrected chi connectivity index (χ4v) is 2.98. The van der Waals surface area contributed by atoms with Gasteiger partial charge in [0.15, 0.2) is 0 Å². The van der Waals surface area contributed by atoms with Gasteiger partial charge in [0.05, 0.1) is 19.1 Å². The van der Waals surface area contributed by atoms with Crippen molar-refractivity contribution >= 4 is 29.4 Å². The van der Waals surface area contributed by atoms with E-state index in [1.165, 1.54) is 0 Å². The van der Waals surface area contributed by atoms with Gasteiger partial charge < -0.3 is 14.8 Å². The second-order valence-electron chi connectivity index (χ2n) is 7.68. The molecule has 0 aromatic rings. The molecule has 11 heteroatoms. The zero-order valence-corrected chi connectivity index (χ0v) is 19.5. The first kappa shape index (κ1) is 31.3. The number of nitrogens with one attached hydrogen (secondary N) is 1. The molecule has 8 nitrogen and oxygen atoms in total. The predicted molar refractivity (Wildman–Crippen MR) is 117 cm³/mol. The lowest BCUT2D eigenvalue weighted by molar-refractivity contribution is -0.177. The molecule has 0 saturated heterocycles. The van der Waals surface area contributed by atoms with Gasteiger partial charge in [-0.1, -0.05) is 45.6 Å². The van der Waals surface area contributed by atoms with Gasteiger partial charge in [-0.05, 0) is 12.8 Å². The number of halogens is 3. The molecule has 0 aliphatic rings. The van der Waals surface area contributed by atoms with Crippen LogP contribution in [-0.2, 0) is 28.7 Å². The first-order valence-corrected chi connectivity index (χ1v) is 11.4. The molecule has 0 saturated carbocycles. The molecule has 1 amide bonds. The highest BCUT2D eigenvalue weighted by Gasteiger charge is 2.46. The quantitative estimate of drug-likeness (QED) is 0.124. The number of rotatable bonds is 19. The average molecular weight is 494 g/mol. The average Bonchev–Trinajstić information content (AvgIpc) is 2.78. The van der Waals surface area contributed by atoms with E-state index in [0.717, 1.165) is 31.8 Å². The van der Waals surface area contributed by atoms with Gasteiger partial charge in [0.25, 0.3) is 0 Å². The summed E-state index contributed by atoms with van der Waals surface area (Å²) < 4.78 is 48.2. The van der Waals surface area contributed by atoms with Crippen LogP contribution < -0.4 is 5.32 Å². The number of esters is 1. The van der Waals surface area contributed by atoms with Crippen LogP contribution in [0.1, 0.15) is 71.1 Å². The Kier molecular flexibility index (Phi) is 16.3. The van der Waals surface area contributed by atoms with Crippen molar-refractivity contribution in [1.29, 1.82) is 0 Å². The molecule has 1 atom stereocenters. The molecule has 0 spiro atoms. The predicted octanol–water partition coefficient (Wildman–Crippen LogP) is 4.25. The van der Waals surface area contributed by atoms with Crippen LogP contribution in [-0.4, -0.2) is 55.3 Å². The van der Waals surface area contributed by atoms with Crippen molar-refractivity contribution in [3.8, 4) is 0 Å². The third-order valence-corrected chi connectivity index (χ3v) is 4.81. The molecule has 0 radical (unpaired) electrons. The van der Waals surface area contributed by atoms with Crippen LogP contribution in [0.15, 0.2) is 12.7 Å². The maximum absolute atomic E-state index is 12.9. The van der Waals surface area contributed by atoms with Crippen molar-refractivity contribution in [2.24, 2.45) is 5.92 Å². The van der Waals surface area contributed by atoms with E-state index in [-0.39, 0.29) is 39.0 Å². The van der Waals surface area contributed by atoms with E-state index in [2.05, 4.69) is 16.6 Å². The summed E-state index contributed by atoms with van der Waals surface area (Å²) >= 11 is 0. The van der Waals surface area contributed by atoms with Crippen LogP contribution in [0, 0.1) is 5.92 Å². The minimum atomic E-state index is -5.21. The topological polar surface area (TPSA) is 116 Å². The van der Waals surface area contributed by atoms with Crippen molar-refractivity contribution < 1.29 is 46.6 Å². The normalized spacial score (nSPS) is 11.9. The van der Waals surface area contributed by atoms with Crippen molar-refractivity contribution in [2.75, 3.05) is 19.8 Å². The number of hydrogen-bond donors (Lipinski definition) is 1. The van der Waals surface area contributed by atoms with Crippen LogP contribution in [0.4, 0.5) is 18.0 Å². The largest absolute Gasteiger partial charge is 0.461 e. The highest BCUT2D eigenvalue weighted by Crippen LogP contribution is 2.26. The first-order valence-electron chi connectivity index (χ1n) is 11.4. The first-order chi connectivity index (χ1) is 16.0. The molecule has 1 N–H and O–H groups in total. The highest BCUT2D eigenvalue weighted by molar-refractivity contribution is 6.07. The number of Topliss-reactive ketones (excluding diaryl/α,β-unsaturated/α-hetero) is 3. The lowest BCUT2D eigenvalue weighted by atomic mass is 9.88. The number of ether oxygens (including phenoxy) is 2. The van der Waals surface area contributed by atoms with Crippen LogP contribution >= 0.6 is 0 Å². The smallest absolute Gasteiger partial charge is 0.450 e. The minimum Gasteiger partial charge on any atom is -0.461 e. The number of unbranched alkanes of at least 4 members (excludes halogenated alkanes) is 5. The van der Waals surface area contributed by atoms with Crippen LogP contribution in [0.25, 0.3) is 0 Å². The second kappa shape index (κ2) is 17.7. The molecule has 0 bridgehead atoms. The SMILES string of the molecule is C=CC(=O)OCCNC(=O)OCCCC(=O)CC(C(=O)CCCCCCCC)C(=O)C(F)(F)F. The molecule has 0 aliphatic heterocycles. The maximum Gasteiger partial charge on any atom is 0.450 e. The van der Waals surface area contributed by atoms with Crippen molar-refractivity contribution in [1.82, 2.24) is 5.32 Å². The Labute approximate surface area is 197 Å². The van der Waals surface area contributed by atoms with E-state index in [0.29, 0.717) is 12.8 Å². The summed E-state index contributed by atoms with van der Waals surface area (Å²) in [6.45, 7) is 4.94. The Hall–Kier alpha value is -2.72. The van der Waals surface area contributed by atoms with E-state index in [1.807, 2.05) is 6.92 Å². The van der Waals surface area contributed by atoms with Gasteiger partial charge in [-0.15, -0.1) is 0 Å². The molecule has 1 unspecified atom stereocenters. The third kappa shape index (κ3) is 15.2. The van der Waals surface area contributed by atoms with E-state index < -0.39 is 47.9 Å². The van der Waals surface area contributed by atoms with Crippen LogP contribution in [0.3, 0.4) is 0 Å². The molecule has 0 rings (SSSR count). The zero-order valence-electron chi connectivity index (χ0n) is 19.5. The lowest BCUT2D eigenvalue weighted by Crippen LogP contribution is -2.36. The molecule has 0 aliphatic carbocycles. The Morgan fingerprint density at radius 2 is 1.56 bits per heavy atom. The summed E-state index contributed by atoms with van der Waals surface area (Å²) in [5.41, 5.74) is 0. The molecule has 0 heterocycles. The van der Waals surface area contributed by atoms with Crippen molar-refractivity contribution in [3.05, 3.63) is 12.7 Å². The third-order valence-electron chi connectivity index (χ3n) is 4.81. The Balaban J connectivity index is 4.42. The minimum absolute atomic E-state index is 0.0102. The molecule has 0 aromatic carbocycles. The van der Waals surface area contributed by atoms with Gasteiger partial charge in [-0.3, -0.25) is 14.4 Å². The molecular weight excluding hydrogens is 459 g/mol. The standard InChI is InChI=1S/C23H34F3NO7/c1-3-5-6-7-8-9-12-19(29)18(21(31)23(24,25)26)16-17(28)11-10-14-34-22(32)27-13-15-33-20(30)4-2/h4,18H,2-3,5-16H2,1H3,(H,27,32). The molecular formula is C23H34F3NO7. The summed E-state index contributed by atoms with van der Waals surface area (Å²) in [6, 6.07) is 0. The number of amides is 1. The molecule has 194 valence electrons. The van der Waals surface area contributed by atoms with Crippen LogP contribution in [0.2, 0.25) is 0 Å². The van der Waals surface area contributed by atoms with Gasteiger partial charge in [-0.2, -0.15) is 13.2 Å². The van der Waals surface area contributed by atoms with Crippen molar-refractivity contribution in [3.63, 3.8) is 0 Å². The lowest BCUT2D eigenvalue weighted by Gasteiger charge is -2.16. The fraction of sp³-hybridized carbons (Fsp3) is 0.696. The number of hydrogen-bond acceptors (Lipinski definition) is 7. The summed E-state index contributed by atoms with van der Waals surface area (Å²) in [4.78, 5) is 58.4. The van der Waals surface area contributed by atoms with Crippen molar-refractivity contribution in [2.45, 2.75) is 77.3 Å². The zero-order chi connectivity index (χ0) is 26.0. The molecule has 0 aromatic heterocycles.